The predicted octanol–water partition coefficient (Wildman–Crippen LogP) is 6.33. The summed E-state index contributed by atoms with van der Waals surface area (Å²) < 4.78 is 13.9. The summed E-state index contributed by atoms with van der Waals surface area (Å²) in [7, 11) is 0. The van der Waals surface area contributed by atoms with Crippen LogP contribution in [0.1, 0.15) is 50.2 Å². The molecule has 1 aliphatic rings. The van der Waals surface area contributed by atoms with Crippen molar-refractivity contribution in [3.8, 4) is 0 Å². The van der Waals surface area contributed by atoms with Crippen LogP contribution in [0, 0.1) is 18.7 Å². The number of rotatable bonds is 4. The molecule has 0 spiro atoms. The average Bonchev–Trinajstić information content (AvgIpc) is 2.46. The molecule has 0 heterocycles. The molecule has 108 valence electrons. The summed E-state index contributed by atoms with van der Waals surface area (Å²) in [4.78, 5) is 0. The van der Waals surface area contributed by atoms with E-state index in [9.17, 15) is 4.39 Å². The van der Waals surface area contributed by atoms with Crippen LogP contribution >= 0.6 is 11.6 Å². The molecule has 2 heteroatoms. The van der Waals surface area contributed by atoms with Crippen LogP contribution in [0.4, 0.5) is 4.39 Å². The van der Waals surface area contributed by atoms with Crippen molar-refractivity contribution in [2.24, 2.45) is 5.92 Å². The van der Waals surface area contributed by atoms with Gasteiger partial charge in [0.15, 0.2) is 0 Å². The van der Waals surface area contributed by atoms with Gasteiger partial charge in [-0.1, -0.05) is 42.0 Å². The second kappa shape index (κ2) is 7.08. The van der Waals surface area contributed by atoms with Gasteiger partial charge >= 0.3 is 0 Å². The highest BCUT2D eigenvalue weighted by atomic mass is 35.5. The first-order valence-corrected chi connectivity index (χ1v) is 7.76. The largest absolute Gasteiger partial charge is 0.205 e. The topological polar surface area (TPSA) is 0 Å². The zero-order valence-electron chi connectivity index (χ0n) is 12.3. The van der Waals surface area contributed by atoms with Gasteiger partial charge in [-0.25, -0.2) is 4.39 Å². The molecule has 1 unspecified atom stereocenters. The summed E-state index contributed by atoms with van der Waals surface area (Å²) in [6.45, 7) is 3.81. The van der Waals surface area contributed by atoms with Crippen LogP contribution in [0.2, 0.25) is 5.02 Å². The van der Waals surface area contributed by atoms with Crippen LogP contribution in [-0.4, -0.2) is 0 Å². The zero-order chi connectivity index (χ0) is 14.5. The van der Waals surface area contributed by atoms with Crippen molar-refractivity contribution < 1.29 is 4.39 Å². The molecule has 1 aliphatic carbocycles. The van der Waals surface area contributed by atoms with Crippen LogP contribution in [0.25, 0.3) is 5.57 Å². The lowest BCUT2D eigenvalue weighted by Gasteiger charge is -2.22. The monoisotopic (exact) mass is 292 g/mol. The number of benzene rings is 1. The molecular weight excluding hydrogens is 271 g/mol. The molecule has 1 aromatic carbocycles. The Labute approximate surface area is 126 Å². The van der Waals surface area contributed by atoms with Crippen LogP contribution in [0.3, 0.4) is 0 Å². The van der Waals surface area contributed by atoms with Gasteiger partial charge in [0.2, 0.25) is 0 Å². The maximum absolute atomic E-state index is 13.9. The lowest BCUT2D eigenvalue weighted by Crippen LogP contribution is -2.06. The van der Waals surface area contributed by atoms with Gasteiger partial charge in [-0.15, -0.1) is 0 Å². The Bertz CT molecular complexity index is 528. The van der Waals surface area contributed by atoms with E-state index in [1.54, 1.807) is 6.92 Å². The van der Waals surface area contributed by atoms with Gasteiger partial charge in [0.05, 0.1) is 5.02 Å². The van der Waals surface area contributed by atoms with Gasteiger partial charge in [0.25, 0.3) is 0 Å². The molecule has 0 aliphatic heterocycles. The van der Waals surface area contributed by atoms with Gasteiger partial charge < -0.3 is 0 Å². The molecule has 0 fully saturated rings. The van der Waals surface area contributed by atoms with Gasteiger partial charge in [0, 0.05) is 0 Å². The molecule has 0 saturated heterocycles. The van der Waals surface area contributed by atoms with E-state index >= 15 is 0 Å². The molecule has 0 saturated carbocycles. The maximum Gasteiger partial charge on any atom is 0.145 e. The fourth-order valence-corrected chi connectivity index (χ4v) is 3.12. The quantitative estimate of drug-likeness (QED) is 0.569. The number of hydrogen-bond acceptors (Lipinski definition) is 0. The Morgan fingerprint density at radius 1 is 1.40 bits per heavy atom. The van der Waals surface area contributed by atoms with Gasteiger partial charge in [0.1, 0.15) is 5.82 Å². The second-order valence-electron chi connectivity index (χ2n) is 5.57. The normalized spacial score (nSPS) is 19.4. The third kappa shape index (κ3) is 3.52. The summed E-state index contributed by atoms with van der Waals surface area (Å²) in [5.41, 5.74) is 2.69. The number of allylic oxidation sites excluding steroid dienone is 4. The summed E-state index contributed by atoms with van der Waals surface area (Å²) >= 11 is 6.15. The van der Waals surface area contributed by atoms with Crippen molar-refractivity contribution in [2.45, 2.75) is 46.0 Å². The maximum atomic E-state index is 13.9. The Kier molecular flexibility index (Phi) is 5.42. The Morgan fingerprint density at radius 2 is 2.20 bits per heavy atom. The minimum atomic E-state index is -0.278. The summed E-state index contributed by atoms with van der Waals surface area (Å²) in [6.07, 6.45) is 12.2. The number of halogens is 2. The van der Waals surface area contributed by atoms with Crippen molar-refractivity contribution in [3.63, 3.8) is 0 Å². The van der Waals surface area contributed by atoms with E-state index in [2.05, 4.69) is 25.2 Å². The second-order valence-corrected chi connectivity index (χ2v) is 5.95. The molecule has 1 aromatic rings. The van der Waals surface area contributed by atoms with E-state index in [1.807, 2.05) is 12.1 Å². The van der Waals surface area contributed by atoms with Gasteiger partial charge in [-0.05, 0) is 68.6 Å². The van der Waals surface area contributed by atoms with Crippen LogP contribution in [0.5, 0.6) is 0 Å². The van der Waals surface area contributed by atoms with E-state index in [0.717, 1.165) is 30.7 Å². The first kappa shape index (κ1) is 15.3. The van der Waals surface area contributed by atoms with Crippen molar-refractivity contribution in [3.05, 3.63) is 52.3 Å². The average molecular weight is 293 g/mol. The molecule has 2 rings (SSSR count). The van der Waals surface area contributed by atoms with E-state index in [1.165, 1.54) is 18.4 Å². The van der Waals surface area contributed by atoms with E-state index in [0.29, 0.717) is 5.56 Å². The smallest absolute Gasteiger partial charge is 0.145 e. The van der Waals surface area contributed by atoms with Gasteiger partial charge in [-0.2, -0.15) is 0 Å². The Balaban J connectivity index is 2.07. The number of aryl methyl sites for hydroxylation is 1. The highest BCUT2D eigenvalue weighted by Gasteiger charge is 2.18. The van der Waals surface area contributed by atoms with Crippen molar-refractivity contribution >= 4 is 17.2 Å². The molecule has 1 atom stereocenters. The minimum absolute atomic E-state index is 0.278. The fraction of sp³-hybridized carbons (Fsp3) is 0.444. The van der Waals surface area contributed by atoms with E-state index < -0.39 is 0 Å². The predicted molar refractivity (Wildman–Crippen MR) is 85.5 cm³/mol. The third-order valence-electron chi connectivity index (χ3n) is 4.12. The standard InChI is InChI=1S/C18H22ClF/c1-3-4-5-6-14-8-10-15(11-9-14)16-12-7-13(2)18(20)17(16)19/h3-4,7,10,12,14H,5-6,8-9,11H2,1-2H3/b4-3+. The summed E-state index contributed by atoms with van der Waals surface area (Å²) in [6, 6.07) is 3.77. The minimum Gasteiger partial charge on any atom is -0.205 e. The van der Waals surface area contributed by atoms with Crippen molar-refractivity contribution in [1.82, 2.24) is 0 Å². The van der Waals surface area contributed by atoms with E-state index in [-0.39, 0.29) is 10.8 Å². The third-order valence-corrected chi connectivity index (χ3v) is 4.49. The highest BCUT2D eigenvalue weighted by Crippen LogP contribution is 2.36. The molecule has 0 radical (unpaired) electrons. The van der Waals surface area contributed by atoms with Crippen LogP contribution < -0.4 is 0 Å². The first-order chi connectivity index (χ1) is 9.63. The zero-order valence-corrected chi connectivity index (χ0v) is 13.0. The molecular formula is C18H22ClF. The first-order valence-electron chi connectivity index (χ1n) is 7.38. The molecule has 0 nitrogen and oxygen atoms in total. The Morgan fingerprint density at radius 3 is 2.85 bits per heavy atom. The molecule has 0 aromatic heterocycles. The van der Waals surface area contributed by atoms with Gasteiger partial charge in [-0.3, -0.25) is 0 Å². The summed E-state index contributed by atoms with van der Waals surface area (Å²) in [5, 5.41) is 0.281. The van der Waals surface area contributed by atoms with Crippen molar-refractivity contribution in [2.75, 3.05) is 0 Å². The van der Waals surface area contributed by atoms with Crippen molar-refractivity contribution in [1.29, 1.82) is 0 Å². The summed E-state index contributed by atoms with van der Waals surface area (Å²) in [5.74, 6) is 0.476. The Hall–Kier alpha value is -1.08. The van der Waals surface area contributed by atoms with Crippen LogP contribution in [0.15, 0.2) is 30.4 Å². The molecule has 20 heavy (non-hydrogen) atoms. The molecule has 0 N–H and O–H groups in total. The SMILES string of the molecule is C/C=C/CCC1CC=C(c2ccc(C)c(F)c2Cl)CC1. The molecule has 0 bridgehead atoms. The molecule has 0 amide bonds. The van der Waals surface area contributed by atoms with E-state index in [4.69, 9.17) is 11.6 Å². The lowest BCUT2D eigenvalue weighted by atomic mass is 9.84. The fourth-order valence-electron chi connectivity index (χ4n) is 2.79. The lowest BCUT2D eigenvalue weighted by molar-refractivity contribution is 0.454. The van der Waals surface area contributed by atoms with Crippen LogP contribution in [-0.2, 0) is 0 Å². The number of hydrogen-bond donors (Lipinski definition) is 0. The highest BCUT2D eigenvalue weighted by molar-refractivity contribution is 6.32.